The van der Waals surface area contributed by atoms with Crippen molar-refractivity contribution in [1.82, 2.24) is 10.2 Å². The second-order valence-electron chi connectivity index (χ2n) is 8.33. The van der Waals surface area contributed by atoms with E-state index in [9.17, 15) is 14.4 Å². The number of carbonyl (C=O) groups is 3. The van der Waals surface area contributed by atoms with Crippen molar-refractivity contribution in [3.63, 3.8) is 0 Å². The van der Waals surface area contributed by atoms with E-state index in [0.717, 1.165) is 5.56 Å². The number of nitrogens with one attached hydrogen (secondary N) is 1. The number of rotatable bonds is 6. The van der Waals surface area contributed by atoms with Crippen LogP contribution in [0.3, 0.4) is 0 Å². The van der Waals surface area contributed by atoms with E-state index in [2.05, 4.69) is 5.32 Å². The van der Waals surface area contributed by atoms with Crippen molar-refractivity contribution < 1.29 is 28.6 Å². The number of allylic oxidation sites excluding steroid dienone is 2. The van der Waals surface area contributed by atoms with Gasteiger partial charge in [-0.25, -0.2) is 9.59 Å². The lowest BCUT2D eigenvalue weighted by atomic mass is 10.0. The minimum atomic E-state index is -0.758. The monoisotopic (exact) mass is 460 g/mol. The molecule has 3 rings (SSSR count). The first-order valence-corrected chi connectivity index (χ1v) is 11.3. The van der Waals surface area contributed by atoms with E-state index >= 15 is 0 Å². The molecule has 1 fully saturated rings. The van der Waals surface area contributed by atoms with Crippen LogP contribution in [0.1, 0.15) is 33.3 Å². The van der Waals surface area contributed by atoms with Gasteiger partial charge in [0.2, 0.25) is 0 Å². The number of amides is 2. The Balaban J connectivity index is 1.72. The van der Waals surface area contributed by atoms with Crippen molar-refractivity contribution in [2.24, 2.45) is 0 Å². The van der Waals surface area contributed by atoms with E-state index in [1.54, 1.807) is 46.1 Å². The average Bonchev–Trinajstić information content (AvgIpc) is 2.74. The highest BCUT2D eigenvalue weighted by molar-refractivity contribution is 8.00. The predicted octanol–water partition coefficient (Wildman–Crippen LogP) is 3.38. The van der Waals surface area contributed by atoms with Crippen LogP contribution in [-0.4, -0.2) is 52.7 Å². The van der Waals surface area contributed by atoms with Gasteiger partial charge in [-0.1, -0.05) is 24.3 Å². The zero-order valence-corrected chi connectivity index (χ0v) is 19.7. The van der Waals surface area contributed by atoms with Gasteiger partial charge in [-0.2, -0.15) is 0 Å². The lowest BCUT2D eigenvalue weighted by Crippen LogP contribution is -2.70. The second-order valence-corrected chi connectivity index (χ2v) is 9.44. The summed E-state index contributed by atoms with van der Waals surface area (Å²) in [5.41, 5.74) is 1.05. The van der Waals surface area contributed by atoms with Gasteiger partial charge in [0.05, 0.1) is 7.11 Å². The van der Waals surface area contributed by atoms with Crippen LogP contribution in [0.2, 0.25) is 0 Å². The maximum absolute atomic E-state index is 13.0. The molecule has 1 unspecified atom stereocenters. The number of benzene rings is 1. The molecule has 1 aromatic carbocycles. The van der Waals surface area contributed by atoms with Crippen LogP contribution in [0.5, 0.6) is 5.75 Å². The van der Waals surface area contributed by atoms with Gasteiger partial charge in [-0.15, -0.1) is 11.8 Å². The number of hydrogen-bond acceptors (Lipinski definition) is 7. The molecule has 0 saturated carbocycles. The summed E-state index contributed by atoms with van der Waals surface area (Å²) in [7, 11) is 1.58. The van der Waals surface area contributed by atoms with Gasteiger partial charge < -0.3 is 19.5 Å². The SMILES string of the molecule is C/C=C\C1=C(C(=O)OCc2ccc(OC)cc2)N2C(=O)C(NC(=O)OC(C)(C)C)[C@H]2SC1. The van der Waals surface area contributed by atoms with Gasteiger partial charge in [0.1, 0.15) is 35.1 Å². The molecule has 1 saturated heterocycles. The molecule has 0 aromatic heterocycles. The van der Waals surface area contributed by atoms with Crippen LogP contribution in [0, 0.1) is 0 Å². The number of alkyl carbamates (subject to hydrolysis) is 1. The lowest BCUT2D eigenvalue weighted by molar-refractivity contribution is -0.152. The molecule has 0 radical (unpaired) electrons. The van der Waals surface area contributed by atoms with E-state index < -0.39 is 29.1 Å². The Kier molecular flexibility index (Phi) is 7.18. The molecule has 1 N–H and O–H groups in total. The molecule has 2 aliphatic rings. The second kappa shape index (κ2) is 9.68. The lowest BCUT2D eigenvalue weighted by Gasteiger charge is -2.49. The molecule has 172 valence electrons. The molecule has 0 aliphatic carbocycles. The summed E-state index contributed by atoms with van der Waals surface area (Å²) in [6.07, 6.45) is 2.95. The quantitative estimate of drug-likeness (QED) is 0.514. The Morgan fingerprint density at radius 2 is 1.94 bits per heavy atom. The number of fused-ring (bicyclic) bond motifs is 1. The number of carbonyl (C=O) groups excluding carboxylic acids is 3. The van der Waals surface area contributed by atoms with Gasteiger partial charge in [0.15, 0.2) is 0 Å². The molecule has 0 spiro atoms. The van der Waals surface area contributed by atoms with Crippen molar-refractivity contribution in [3.8, 4) is 5.75 Å². The summed E-state index contributed by atoms with van der Waals surface area (Å²) in [6.45, 7) is 7.16. The van der Waals surface area contributed by atoms with Crippen LogP contribution in [-0.2, 0) is 25.7 Å². The fraction of sp³-hybridized carbons (Fsp3) is 0.435. The summed E-state index contributed by atoms with van der Waals surface area (Å²) in [4.78, 5) is 39.4. The van der Waals surface area contributed by atoms with Gasteiger partial charge in [-0.3, -0.25) is 9.69 Å². The summed E-state index contributed by atoms with van der Waals surface area (Å²) >= 11 is 1.48. The summed E-state index contributed by atoms with van der Waals surface area (Å²) in [5, 5.41) is 2.22. The molecule has 2 heterocycles. The molecule has 8 nitrogen and oxygen atoms in total. The number of methoxy groups -OCH3 is 1. The number of β-lactam (4-membered cyclic amide) rings is 1. The highest BCUT2D eigenvalue weighted by Crippen LogP contribution is 2.41. The highest BCUT2D eigenvalue weighted by atomic mass is 32.2. The van der Waals surface area contributed by atoms with E-state index in [1.165, 1.54) is 16.7 Å². The standard InChI is InChI=1S/C23H28N2O6S/c1-6-7-15-13-32-20-17(24-22(28)31-23(2,3)4)19(26)25(20)18(15)21(27)30-12-14-8-10-16(29-5)11-9-14/h6-11,17,20H,12-13H2,1-5H3,(H,24,28)/b7-6-/t17?,20-/m1/s1. The largest absolute Gasteiger partial charge is 0.497 e. The first kappa shape index (κ1) is 23.7. The van der Waals surface area contributed by atoms with Crippen molar-refractivity contribution in [2.45, 2.75) is 51.3 Å². The van der Waals surface area contributed by atoms with E-state index in [-0.39, 0.29) is 18.2 Å². The Hall–Kier alpha value is -2.94. The molecule has 0 bridgehead atoms. The Bertz CT molecular complexity index is 948. The molecular formula is C23H28N2O6S. The normalized spacial score (nSPS) is 20.5. The zero-order chi connectivity index (χ0) is 23.5. The fourth-order valence-corrected chi connectivity index (χ4v) is 4.65. The summed E-state index contributed by atoms with van der Waals surface area (Å²) in [6, 6.07) is 6.43. The van der Waals surface area contributed by atoms with E-state index in [4.69, 9.17) is 14.2 Å². The maximum Gasteiger partial charge on any atom is 0.408 e. The smallest absolute Gasteiger partial charge is 0.408 e. The van der Waals surface area contributed by atoms with Crippen LogP contribution in [0.25, 0.3) is 0 Å². The third-order valence-electron chi connectivity index (χ3n) is 4.76. The molecule has 1 aromatic rings. The van der Waals surface area contributed by atoms with Crippen molar-refractivity contribution in [3.05, 3.63) is 53.3 Å². The molecule has 2 atom stereocenters. The highest BCUT2D eigenvalue weighted by Gasteiger charge is 2.54. The maximum atomic E-state index is 13.0. The molecule has 2 aliphatic heterocycles. The minimum Gasteiger partial charge on any atom is -0.497 e. The zero-order valence-electron chi connectivity index (χ0n) is 18.8. The number of thioether (sulfide) groups is 1. The third-order valence-corrected chi connectivity index (χ3v) is 6.06. The topological polar surface area (TPSA) is 94.2 Å². The average molecular weight is 461 g/mol. The molecule has 32 heavy (non-hydrogen) atoms. The Morgan fingerprint density at radius 1 is 1.25 bits per heavy atom. The molecular weight excluding hydrogens is 432 g/mol. The first-order chi connectivity index (χ1) is 15.1. The van der Waals surface area contributed by atoms with Gasteiger partial charge in [-0.05, 0) is 51.0 Å². The van der Waals surface area contributed by atoms with E-state index in [1.807, 2.05) is 25.1 Å². The number of ether oxygens (including phenoxy) is 3. The summed E-state index contributed by atoms with van der Waals surface area (Å²) in [5.74, 6) is 0.271. The number of nitrogens with zero attached hydrogens (tertiary/aromatic N) is 1. The first-order valence-electron chi connectivity index (χ1n) is 10.2. The Labute approximate surface area is 192 Å². The number of hydrogen-bond donors (Lipinski definition) is 1. The van der Waals surface area contributed by atoms with Crippen LogP contribution in [0.4, 0.5) is 4.79 Å². The summed E-state index contributed by atoms with van der Waals surface area (Å²) < 4.78 is 15.9. The minimum absolute atomic E-state index is 0.0644. The van der Waals surface area contributed by atoms with E-state index in [0.29, 0.717) is 17.1 Å². The van der Waals surface area contributed by atoms with Gasteiger partial charge in [0.25, 0.3) is 5.91 Å². The molecule has 2 amide bonds. The molecule has 9 heteroatoms. The van der Waals surface area contributed by atoms with Gasteiger partial charge in [0, 0.05) is 5.75 Å². The predicted molar refractivity (Wildman–Crippen MR) is 121 cm³/mol. The number of esters is 1. The van der Waals surface area contributed by atoms with Crippen LogP contribution < -0.4 is 10.1 Å². The van der Waals surface area contributed by atoms with Gasteiger partial charge >= 0.3 is 12.1 Å². The fourth-order valence-electron chi connectivity index (χ4n) is 3.33. The van der Waals surface area contributed by atoms with Crippen LogP contribution in [0.15, 0.2) is 47.7 Å². The third kappa shape index (κ3) is 5.27. The van der Waals surface area contributed by atoms with Crippen molar-refractivity contribution in [1.29, 1.82) is 0 Å². The van der Waals surface area contributed by atoms with Crippen molar-refractivity contribution >= 4 is 29.7 Å². The Morgan fingerprint density at radius 3 is 2.53 bits per heavy atom. The van der Waals surface area contributed by atoms with Crippen molar-refractivity contribution in [2.75, 3.05) is 12.9 Å². The van der Waals surface area contributed by atoms with Crippen LogP contribution >= 0.6 is 11.8 Å².